The predicted octanol–water partition coefficient (Wildman–Crippen LogP) is 5.41. The standard InChI is InChI=1S/C22H22N4OS2/c27-20(12-6-14-28-22-24-15-7-1-2-8-16(15)25-22)26-13-5-10-18(26)21-23-17-9-3-4-11-19(17)29-21/h1-4,7-9,11,18H,5-6,10,12-14H2,(H,24,25)/t18-/m0/s1. The summed E-state index contributed by atoms with van der Waals surface area (Å²) in [7, 11) is 0. The third kappa shape index (κ3) is 3.89. The van der Waals surface area contributed by atoms with E-state index in [1.165, 1.54) is 4.70 Å². The Morgan fingerprint density at radius 3 is 2.83 bits per heavy atom. The Hall–Kier alpha value is -2.38. The Bertz CT molecular complexity index is 1090. The summed E-state index contributed by atoms with van der Waals surface area (Å²) < 4.78 is 1.20. The maximum absolute atomic E-state index is 12.9. The number of hydrogen-bond acceptors (Lipinski definition) is 5. The van der Waals surface area contributed by atoms with Gasteiger partial charge in [-0.2, -0.15) is 0 Å². The summed E-state index contributed by atoms with van der Waals surface area (Å²) in [6, 6.07) is 16.4. The van der Waals surface area contributed by atoms with Crippen molar-refractivity contribution in [3.63, 3.8) is 0 Å². The van der Waals surface area contributed by atoms with Gasteiger partial charge in [0.2, 0.25) is 5.91 Å². The average Bonchev–Trinajstić information content (AvgIpc) is 3.47. The summed E-state index contributed by atoms with van der Waals surface area (Å²) in [5, 5.41) is 2.00. The minimum absolute atomic E-state index is 0.142. The number of aromatic nitrogens is 3. The molecule has 1 N–H and O–H groups in total. The zero-order chi connectivity index (χ0) is 19.6. The van der Waals surface area contributed by atoms with Gasteiger partial charge in [0.1, 0.15) is 5.01 Å². The van der Waals surface area contributed by atoms with Crippen molar-refractivity contribution in [2.24, 2.45) is 0 Å². The molecule has 0 radical (unpaired) electrons. The number of para-hydroxylation sites is 3. The van der Waals surface area contributed by atoms with E-state index in [4.69, 9.17) is 4.98 Å². The first-order valence-electron chi connectivity index (χ1n) is 10.0. The summed E-state index contributed by atoms with van der Waals surface area (Å²) in [4.78, 5) is 27.6. The van der Waals surface area contributed by atoms with Crippen molar-refractivity contribution in [3.05, 3.63) is 53.5 Å². The quantitative estimate of drug-likeness (QED) is 0.333. The van der Waals surface area contributed by atoms with Crippen molar-refractivity contribution in [1.29, 1.82) is 0 Å². The van der Waals surface area contributed by atoms with Crippen LogP contribution in [0.3, 0.4) is 0 Å². The van der Waals surface area contributed by atoms with Crippen LogP contribution in [0.25, 0.3) is 21.3 Å². The molecule has 4 aromatic rings. The van der Waals surface area contributed by atoms with Crippen molar-refractivity contribution in [3.8, 4) is 0 Å². The highest BCUT2D eigenvalue weighted by molar-refractivity contribution is 7.99. The second-order valence-corrected chi connectivity index (χ2v) is 9.42. The smallest absolute Gasteiger partial charge is 0.223 e. The van der Waals surface area contributed by atoms with Crippen molar-refractivity contribution < 1.29 is 4.79 Å². The summed E-state index contributed by atoms with van der Waals surface area (Å²) >= 11 is 3.40. The summed E-state index contributed by atoms with van der Waals surface area (Å²) in [6.07, 6.45) is 3.50. The van der Waals surface area contributed by atoms with Gasteiger partial charge in [-0.1, -0.05) is 36.0 Å². The molecule has 2 aromatic heterocycles. The highest BCUT2D eigenvalue weighted by Crippen LogP contribution is 2.36. The van der Waals surface area contributed by atoms with Crippen molar-refractivity contribution in [1.82, 2.24) is 19.9 Å². The van der Waals surface area contributed by atoms with E-state index in [0.29, 0.717) is 6.42 Å². The number of thiazole rings is 1. The van der Waals surface area contributed by atoms with E-state index >= 15 is 0 Å². The number of nitrogens with one attached hydrogen (secondary N) is 1. The number of likely N-dealkylation sites (tertiary alicyclic amines) is 1. The van der Waals surface area contributed by atoms with E-state index < -0.39 is 0 Å². The van der Waals surface area contributed by atoms with Crippen LogP contribution in [0, 0.1) is 0 Å². The van der Waals surface area contributed by atoms with Crippen LogP contribution in [0.4, 0.5) is 0 Å². The number of rotatable bonds is 6. The highest BCUT2D eigenvalue weighted by atomic mass is 32.2. The largest absolute Gasteiger partial charge is 0.333 e. The minimum Gasteiger partial charge on any atom is -0.333 e. The van der Waals surface area contributed by atoms with Crippen LogP contribution in [-0.2, 0) is 4.79 Å². The van der Waals surface area contributed by atoms with Crippen LogP contribution in [-0.4, -0.2) is 38.1 Å². The molecule has 0 bridgehead atoms. The van der Waals surface area contributed by atoms with Gasteiger partial charge in [-0.25, -0.2) is 9.97 Å². The molecular formula is C22H22N4OS2. The van der Waals surface area contributed by atoms with Gasteiger partial charge in [0.05, 0.1) is 27.3 Å². The van der Waals surface area contributed by atoms with Gasteiger partial charge >= 0.3 is 0 Å². The Kier molecular flexibility index (Phi) is 5.24. The maximum atomic E-state index is 12.9. The molecular weight excluding hydrogens is 400 g/mol. The molecule has 5 nitrogen and oxygen atoms in total. The fourth-order valence-corrected chi connectivity index (χ4v) is 5.83. The number of thioether (sulfide) groups is 1. The number of carbonyl (C=O) groups excluding carboxylic acids is 1. The van der Waals surface area contributed by atoms with Gasteiger partial charge in [-0.05, 0) is 43.5 Å². The average molecular weight is 423 g/mol. The maximum Gasteiger partial charge on any atom is 0.223 e. The highest BCUT2D eigenvalue weighted by Gasteiger charge is 2.31. The third-order valence-electron chi connectivity index (χ3n) is 5.31. The molecule has 0 aliphatic carbocycles. The molecule has 0 unspecified atom stereocenters. The number of carbonyl (C=O) groups is 1. The van der Waals surface area contributed by atoms with Crippen LogP contribution in [0.2, 0.25) is 0 Å². The van der Waals surface area contributed by atoms with E-state index in [-0.39, 0.29) is 11.9 Å². The van der Waals surface area contributed by atoms with Gasteiger partial charge in [0.15, 0.2) is 5.16 Å². The lowest BCUT2D eigenvalue weighted by atomic mass is 10.2. The van der Waals surface area contributed by atoms with Crippen molar-refractivity contribution in [2.75, 3.05) is 12.3 Å². The molecule has 1 aliphatic rings. The molecule has 29 heavy (non-hydrogen) atoms. The van der Waals surface area contributed by atoms with Gasteiger partial charge in [-0.15, -0.1) is 11.3 Å². The number of nitrogens with zero attached hydrogens (tertiary/aromatic N) is 3. The molecule has 1 saturated heterocycles. The molecule has 3 heterocycles. The summed E-state index contributed by atoms with van der Waals surface area (Å²) in [6.45, 7) is 0.843. The monoisotopic (exact) mass is 422 g/mol. The lowest BCUT2D eigenvalue weighted by Crippen LogP contribution is -2.30. The second-order valence-electron chi connectivity index (χ2n) is 7.28. The van der Waals surface area contributed by atoms with Crippen LogP contribution < -0.4 is 0 Å². The number of imidazole rings is 1. The summed E-state index contributed by atoms with van der Waals surface area (Å²) in [5.41, 5.74) is 3.08. The Labute approximate surface area is 177 Å². The van der Waals surface area contributed by atoms with Crippen LogP contribution in [0.1, 0.15) is 36.7 Å². The Morgan fingerprint density at radius 2 is 1.97 bits per heavy atom. The van der Waals surface area contributed by atoms with E-state index in [9.17, 15) is 4.79 Å². The predicted molar refractivity (Wildman–Crippen MR) is 119 cm³/mol. The van der Waals surface area contributed by atoms with E-state index in [2.05, 4.69) is 16.0 Å². The molecule has 0 spiro atoms. The molecule has 1 atom stereocenters. The lowest BCUT2D eigenvalue weighted by molar-refractivity contribution is -0.132. The van der Waals surface area contributed by atoms with Gasteiger partial charge in [-0.3, -0.25) is 4.79 Å². The molecule has 1 fully saturated rings. The van der Waals surface area contributed by atoms with Crippen molar-refractivity contribution >= 4 is 50.3 Å². The van der Waals surface area contributed by atoms with E-state index in [1.54, 1.807) is 23.1 Å². The fraction of sp³-hybridized carbons (Fsp3) is 0.318. The van der Waals surface area contributed by atoms with Crippen LogP contribution >= 0.6 is 23.1 Å². The molecule has 1 amide bonds. The number of hydrogen-bond donors (Lipinski definition) is 1. The van der Waals surface area contributed by atoms with Gasteiger partial charge < -0.3 is 9.88 Å². The SMILES string of the molecule is O=C(CCCSc1nc2ccccc2[nH]1)N1CCC[C@H]1c1nc2ccccc2s1. The van der Waals surface area contributed by atoms with E-state index in [1.807, 2.05) is 47.4 Å². The van der Waals surface area contributed by atoms with Crippen molar-refractivity contribution in [2.45, 2.75) is 36.9 Å². The molecule has 1 aliphatic heterocycles. The number of H-pyrrole nitrogens is 1. The van der Waals surface area contributed by atoms with Gasteiger partial charge in [0.25, 0.3) is 0 Å². The fourth-order valence-electron chi connectivity index (χ4n) is 3.89. The third-order valence-corrected chi connectivity index (χ3v) is 7.41. The van der Waals surface area contributed by atoms with Crippen LogP contribution in [0.5, 0.6) is 0 Å². The van der Waals surface area contributed by atoms with Crippen LogP contribution in [0.15, 0.2) is 53.7 Å². The second kappa shape index (κ2) is 8.16. The minimum atomic E-state index is 0.142. The number of amides is 1. The Morgan fingerprint density at radius 1 is 1.14 bits per heavy atom. The molecule has 7 heteroatoms. The lowest BCUT2D eigenvalue weighted by Gasteiger charge is -2.23. The van der Waals surface area contributed by atoms with E-state index in [0.717, 1.165) is 58.3 Å². The molecule has 148 valence electrons. The number of aromatic amines is 1. The molecule has 5 rings (SSSR count). The number of benzene rings is 2. The first-order valence-corrected chi connectivity index (χ1v) is 11.8. The zero-order valence-electron chi connectivity index (χ0n) is 16.0. The molecule has 2 aromatic carbocycles. The topological polar surface area (TPSA) is 61.9 Å². The summed E-state index contributed by atoms with van der Waals surface area (Å²) in [5.74, 6) is 1.13. The van der Waals surface area contributed by atoms with Gasteiger partial charge in [0, 0.05) is 18.7 Å². The number of fused-ring (bicyclic) bond motifs is 2. The first-order chi connectivity index (χ1) is 14.3. The first kappa shape index (κ1) is 18.6. The Balaban J connectivity index is 1.17. The molecule has 0 saturated carbocycles. The normalized spacial score (nSPS) is 16.8. The zero-order valence-corrected chi connectivity index (χ0v) is 17.6.